The highest BCUT2D eigenvalue weighted by Crippen LogP contribution is 2.29. The van der Waals surface area contributed by atoms with Crippen LogP contribution in [-0.4, -0.2) is 24.8 Å². The van der Waals surface area contributed by atoms with E-state index >= 15 is 0 Å². The fraction of sp³-hybridized carbons (Fsp3) is 0.333. The van der Waals surface area contributed by atoms with E-state index in [1.807, 2.05) is 0 Å². The maximum absolute atomic E-state index is 11.4. The van der Waals surface area contributed by atoms with Crippen molar-refractivity contribution in [3.8, 4) is 5.75 Å². The predicted molar refractivity (Wildman–Crippen MR) is 59.6 cm³/mol. The Morgan fingerprint density at radius 2 is 2.00 bits per heavy atom. The van der Waals surface area contributed by atoms with Gasteiger partial charge in [-0.1, -0.05) is 0 Å². The van der Waals surface area contributed by atoms with Crippen molar-refractivity contribution in [3.05, 3.63) is 24.3 Å². The smallest absolute Gasteiger partial charge is 0.230 e. The van der Waals surface area contributed by atoms with Gasteiger partial charge < -0.3 is 9.64 Å². The molecule has 1 amide bonds. The second-order valence-electron chi connectivity index (χ2n) is 3.79. The molecule has 1 aromatic rings. The highest BCUT2D eigenvalue weighted by molar-refractivity contribution is 6.10. The van der Waals surface area contributed by atoms with Gasteiger partial charge in [-0.2, -0.15) is 0 Å². The molecule has 0 radical (unpaired) electrons. The molecule has 1 fully saturated rings. The van der Waals surface area contributed by atoms with Gasteiger partial charge in [0.15, 0.2) is 5.78 Å². The van der Waals surface area contributed by atoms with E-state index in [0.29, 0.717) is 6.42 Å². The molecule has 0 bridgehead atoms. The Bertz CT molecular complexity index is 424. The zero-order chi connectivity index (χ0) is 11.7. The van der Waals surface area contributed by atoms with E-state index in [0.717, 1.165) is 11.4 Å². The van der Waals surface area contributed by atoms with Crippen molar-refractivity contribution in [2.24, 2.45) is 0 Å². The van der Waals surface area contributed by atoms with Crippen molar-refractivity contribution in [1.82, 2.24) is 0 Å². The van der Waals surface area contributed by atoms with Crippen molar-refractivity contribution in [2.45, 2.75) is 19.4 Å². The monoisotopic (exact) mass is 219 g/mol. The molecule has 1 unspecified atom stereocenters. The van der Waals surface area contributed by atoms with E-state index in [1.54, 1.807) is 31.4 Å². The standard InChI is InChI=1S/C12H13NO3/c1-8(14)11-7-12(15)13(11)9-3-5-10(16-2)6-4-9/h3-6,11H,7H2,1-2H3. The third kappa shape index (κ3) is 1.66. The van der Waals surface area contributed by atoms with Gasteiger partial charge in [0.1, 0.15) is 11.8 Å². The maximum atomic E-state index is 11.4. The van der Waals surface area contributed by atoms with Crippen LogP contribution in [0.25, 0.3) is 0 Å². The summed E-state index contributed by atoms with van der Waals surface area (Å²) in [7, 11) is 1.59. The van der Waals surface area contributed by atoms with Gasteiger partial charge in [0.2, 0.25) is 5.91 Å². The Hall–Kier alpha value is -1.84. The van der Waals surface area contributed by atoms with Gasteiger partial charge in [-0.3, -0.25) is 9.59 Å². The summed E-state index contributed by atoms with van der Waals surface area (Å²) in [4.78, 5) is 24.2. The predicted octanol–water partition coefficient (Wildman–Crippen LogP) is 1.39. The number of carbonyl (C=O) groups is 2. The third-order valence-corrected chi connectivity index (χ3v) is 2.77. The van der Waals surface area contributed by atoms with Crippen LogP contribution < -0.4 is 9.64 Å². The first kappa shape index (κ1) is 10.7. The molecule has 0 aliphatic carbocycles. The van der Waals surface area contributed by atoms with Crippen molar-refractivity contribution in [2.75, 3.05) is 12.0 Å². The number of anilines is 1. The first-order chi connectivity index (χ1) is 7.63. The van der Waals surface area contributed by atoms with Crippen LogP contribution in [0.3, 0.4) is 0 Å². The molecule has 0 saturated carbocycles. The number of β-lactam (4-membered cyclic amide) rings is 1. The summed E-state index contributed by atoms with van der Waals surface area (Å²) < 4.78 is 5.03. The number of hydrogen-bond acceptors (Lipinski definition) is 3. The summed E-state index contributed by atoms with van der Waals surface area (Å²) >= 11 is 0. The quantitative estimate of drug-likeness (QED) is 0.722. The highest BCUT2D eigenvalue weighted by Gasteiger charge is 2.40. The van der Waals surface area contributed by atoms with Crippen molar-refractivity contribution in [1.29, 1.82) is 0 Å². The van der Waals surface area contributed by atoms with Gasteiger partial charge in [-0.15, -0.1) is 0 Å². The summed E-state index contributed by atoms with van der Waals surface area (Å²) in [5.74, 6) is 0.747. The van der Waals surface area contributed by atoms with Crippen LogP contribution in [0.2, 0.25) is 0 Å². The van der Waals surface area contributed by atoms with E-state index in [1.165, 1.54) is 11.8 Å². The molecule has 0 N–H and O–H groups in total. The van der Waals surface area contributed by atoms with Gasteiger partial charge in [-0.25, -0.2) is 0 Å². The van der Waals surface area contributed by atoms with Gasteiger partial charge in [0, 0.05) is 5.69 Å². The summed E-state index contributed by atoms with van der Waals surface area (Å²) in [6, 6.07) is 6.83. The highest BCUT2D eigenvalue weighted by atomic mass is 16.5. The Balaban J connectivity index is 2.22. The van der Waals surface area contributed by atoms with Gasteiger partial charge in [-0.05, 0) is 31.2 Å². The van der Waals surface area contributed by atoms with Crippen LogP contribution in [0, 0.1) is 0 Å². The molecular weight excluding hydrogens is 206 g/mol. The lowest BCUT2D eigenvalue weighted by molar-refractivity contribution is -0.131. The molecule has 0 aromatic heterocycles. The number of Topliss-reactive ketones (excluding diaryl/α,β-unsaturated/α-hetero) is 1. The number of ether oxygens (including phenoxy) is 1. The van der Waals surface area contributed by atoms with E-state index in [9.17, 15) is 9.59 Å². The Morgan fingerprint density at radius 1 is 1.38 bits per heavy atom. The molecule has 1 heterocycles. The second kappa shape index (κ2) is 3.96. The van der Waals surface area contributed by atoms with Crippen LogP contribution in [0.5, 0.6) is 5.75 Å². The zero-order valence-corrected chi connectivity index (χ0v) is 9.27. The molecule has 1 aliphatic heterocycles. The Kier molecular flexibility index (Phi) is 2.64. The minimum Gasteiger partial charge on any atom is -0.497 e. The molecule has 1 aliphatic rings. The lowest BCUT2D eigenvalue weighted by atomic mass is 9.97. The summed E-state index contributed by atoms with van der Waals surface area (Å²) in [6.45, 7) is 1.51. The Labute approximate surface area is 93.8 Å². The number of benzene rings is 1. The number of carbonyl (C=O) groups excluding carboxylic acids is 2. The molecule has 4 nitrogen and oxygen atoms in total. The number of ketones is 1. The molecule has 1 atom stereocenters. The second-order valence-corrected chi connectivity index (χ2v) is 3.79. The third-order valence-electron chi connectivity index (χ3n) is 2.77. The molecule has 2 rings (SSSR count). The molecule has 0 spiro atoms. The lowest BCUT2D eigenvalue weighted by Crippen LogP contribution is -2.56. The average Bonchev–Trinajstić information content (AvgIpc) is 2.26. The number of nitrogens with zero attached hydrogens (tertiary/aromatic N) is 1. The molecule has 1 aromatic carbocycles. The van der Waals surface area contributed by atoms with Gasteiger partial charge in [0.05, 0.1) is 13.5 Å². The molecule has 4 heteroatoms. The van der Waals surface area contributed by atoms with Gasteiger partial charge >= 0.3 is 0 Å². The van der Waals surface area contributed by atoms with Crippen LogP contribution in [-0.2, 0) is 9.59 Å². The number of rotatable bonds is 3. The molecule has 1 saturated heterocycles. The van der Waals surface area contributed by atoms with Crippen molar-refractivity contribution < 1.29 is 14.3 Å². The fourth-order valence-electron chi connectivity index (χ4n) is 1.81. The maximum Gasteiger partial charge on any atom is 0.230 e. The van der Waals surface area contributed by atoms with E-state index in [4.69, 9.17) is 4.74 Å². The average molecular weight is 219 g/mol. The van der Waals surface area contributed by atoms with Crippen molar-refractivity contribution in [3.63, 3.8) is 0 Å². The van der Waals surface area contributed by atoms with E-state index < -0.39 is 0 Å². The first-order valence-electron chi connectivity index (χ1n) is 5.10. The number of hydrogen-bond donors (Lipinski definition) is 0. The number of methoxy groups -OCH3 is 1. The molecule has 16 heavy (non-hydrogen) atoms. The summed E-state index contributed by atoms with van der Waals surface area (Å²) in [5.41, 5.74) is 0.747. The topological polar surface area (TPSA) is 46.6 Å². The SMILES string of the molecule is COc1ccc(N2C(=O)CC2C(C)=O)cc1. The van der Waals surface area contributed by atoms with Crippen LogP contribution >= 0.6 is 0 Å². The minimum absolute atomic E-state index is 0.00892. The molecule has 84 valence electrons. The summed E-state index contributed by atoms with van der Waals surface area (Å²) in [6.07, 6.45) is 0.321. The largest absolute Gasteiger partial charge is 0.497 e. The first-order valence-corrected chi connectivity index (χ1v) is 5.10. The number of amides is 1. The van der Waals surface area contributed by atoms with Crippen LogP contribution in [0.1, 0.15) is 13.3 Å². The summed E-state index contributed by atoms with van der Waals surface area (Å²) in [5, 5.41) is 0. The van der Waals surface area contributed by atoms with E-state index in [-0.39, 0.29) is 17.7 Å². The molecular formula is C12H13NO3. The Morgan fingerprint density at radius 3 is 2.44 bits per heavy atom. The van der Waals surface area contributed by atoms with Crippen molar-refractivity contribution >= 4 is 17.4 Å². The fourth-order valence-corrected chi connectivity index (χ4v) is 1.81. The minimum atomic E-state index is -0.291. The van der Waals surface area contributed by atoms with Crippen LogP contribution in [0.15, 0.2) is 24.3 Å². The van der Waals surface area contributed by atoms with Crippen LogP contribution in [0.4, 0.5) is 5.69 Å². The van der Waals surface area contributed by atoms with Gasteiger partial charge in [0.25, 0.3) is 0 Å². The zero-order valence-electron chi connectivity index (χ0n) is 9.27. The normalized spacial score (nSPS) is 19.2. The lowest BCUT2D eigenvalue weighted by Gasteiger charge is -2.38. The van der Waals surface area contributed by atoms with E-state index in [2.05, 4.69) is 0 Å².